The minimum atomic E-state index is -0.823. The zero-order chi connectivity index (χ0) is 16.4. The predicted molar refractivity (Wildman–Crippen MR) is 91.5 cm³/mol. The second-order valence-corrected chi connectivity index (χ2v) is 7.79. The number of amides is 1. The Balaban J connectivity index is 1.85. The summed E-state index contributed by atoms with van der Waals surface area (Å²) in [6.45, 7) is 2.04. The van der Waals surface area contributed by atoms with Gasteiger partial charge in [0.1, 0.15) is 0 Å². The van der Waals surface area contributed by atoms with Crippen LogP contribution < -0.4 is 0 Å². The molecule has 4 nitrogen and oxygen atoms in total. The number of thioether (sulfide) groups is 1. The van der Waals surface area contributed by atoms with Gasteiger partial charge < -0.3 is 10.0 Å². The lowest BCUT2D eigenvalue weighted by atomic mass is 9.70. The van der Waals surface area contributed by atoms with Crippen LogP contribution in [0, 0.1) is 5.41 Å². The number of hydrogen-bond donors (Lipinski definition) is 1. The number of carboxylic acid groups (broad SMARTS) is 1. The highest BCUT2D eigenvalue weighted by Crippen LogP contribution is 2.51. The summed E-state index contributed by atoms with van der Waals surface area (Å²) in [6, 6.07) is 9.73. The number of rotatable bonds is 6. The number of nitrogens with zero attached hydrogens (tertiary/aromatic N) is 1. The number of carboxylic acids is 1. The van der Waals surface area contributed by atoms with Crippen molar-refractivity contribution < 1.29 is 14.7 Å². The van der Waals surface area contributed by atoms with Gasteiger partial charge in [-0.3, -0.25) is 9.59 Å². The summed E-state index contributed by atoms with van der Waals surface area (Å²) >= 11 is 1.61. The topological polar surface area (TPSA) is 57.6 Å². The van der Waals surface area contributed by atoms with Crippen LogP contribution in [0.1, 0.15) is 31.7 Å². The van der Waals surface area contributed by atoms with Crippen molar-refractivity contribution in [1.29, 1.82) is 0 Å². The summed E-state index contributed by atoms with van der Waals surface area (Å²) in [5.41, 5.74) is 0.217. The molecular formula is C18H23NO3S. The van der Waals surface area contributed by atoms with Crippen LogP contribution in [0.2, 0.25) is 0 Å². The van der Waals surface area contributed by atoms with Crippen LogP contribution in [0.4, 0.5) is 0 Å². The van der Waals surface area contributed by atoms with Gasteiger partial charge in [-0.15, -0.1) is 0 Å². The van der Waals surface area contributed by atoms with E-state index >= 15 is 0 Å². The van der Waals surface area contributed by atoms with Crippen LogP contribution in [-0.2, 0) is 16.0 Å². The minimum Gasteiger partial charge on any atom is -0.481 e. The number of aliphatic carboxylic acids is 1. The zero-order valence-corrected chi connectivity index (χ0v) is 14.2. The summed E-state index contributed by atoms with van der Waals surface area (Å²) < 4.78 is 0. The molecule has 5 heteroatoms. The molecule has 0 unspecified atom stereocenters. The Kier molecular flexibility index (Phi) is 4.67. The fraction of sp³-hybridized carbons (Fsp3) is 0.556. The average molecular weight is 333 g/mol. The molecule has 23 heavy (non-hydrogen) atoms. The van der Waals surface area contributed by atoms with Crippen LogP contribution in [0.15, 0.2) is 30.3 Å². The molecule has 0 aromatic heterocycles. The number of carbonyl (C=O) groups excluding carboxylic acids is 1. The predicted octanol–water partition coefficient (Wildman–Crippen LogP) is 2.82. The molecule has 2 bridgehead atoms. The number of fused-ring (bicyclic) bond motifs is 2. The van der Waals surface area contributed by atoms with E-state index in [-0.39, 0.29) is 18.0 Å². The van der Waals surface area contributed by atoms with E-state index < -0.39 is 11.4 Å². The average Bonchev–Trinajstić information content (AvgIpc) is 3.10. The van der Waals surface area contributed by atoms with E-state index in [2.05, 4.69) is 0 Å². The van der Waals surface area contributed by atoms with Gasteiger partial charge in [0.2, 0.25) is 5.91 Å². The minimum absolute atomic E-state index is 0.102. The van der Waals surface area contributed by atoms with Crippen molar-refractivity contribution >= 4 is 23.6 Å². The van der Waals surface area contributed by atoms with Crippen molar-refractivity contribution in [3.05, 3.63) is 35.9 Å². The highest BCUT2D eigenvalue weighted by Gasteiger charge is 2.61. The van der Waals surface area contributed by atoms with Gasteiger partial charge in [-0.05, 0) is 37.0 Å². The molecule has 3 rings (SSSR count). The number of hydrogen-bond acceptors (Lipinski definition) is 3. The van der Waals surface area contributed by atoms with Crippen molar-refractivity contribution in [1.82, 2.24) is 4.90 Å². The molecule has 1 aromatic rings. The van der Waals surface area contributed by atoms with Gasteiger partial charge in [0.05, 0.1) is 11.2 Å². The molecule has 2 saturated heterocycles. The Morgan fingerprint density at radius 1 is 1.30 bits per heavy atom. The summed E-state index contributed by atoms with van der Waals surface area (Å²) in [5, 5.41) is 9.98. The molecule has 0 aliphatic carbocycles. The van der Waals surface area contributed by atoms with Crippen LogP contribution in [0.3, 0.4) is 0 Å². The Hall–Kier alpha value is -1.49. The molecule has 1 aromatic carbocycles. The normalized spacial score (nSPS) is 29.0. The van der Waals surface area contributed by atoms with Crippen molar-refractivity contribution in [3.8, 4) is 0 Å². The van der Waals surface area contributed by atoms with Gasteiger partial charge >= 0.3 is 5.97 Å². The summed E-state index contributed by atoms with van der Waals surface area (Å²) in [4.78, 5) is 26.6. The van der Waals surface area contributed by atoms with E-state index in [1.165, 1.54) is 0 Å². The van der Waals surface area contributed by atoms with Crippen LogP contribution in [0.25, 0.3) is 0 Å². The Bertz CT molecular complexity index is 591. The largest absolute Gasteiger partial charge is 0.481 e. The van der Waals surface area contributed by atoms with E-state index in [1.54, 1.807) is 11.8 Å². The molecule has 2 aliphatic rings. The molecular weight excluding hydrogens is 310 g/mol. The van der Waals surface area contributed by atoms with Crippen molar-refractivity contribution in [2.75, 3.05) is 11.5 Å². The maximum Gasteiger partial charge on any atom is 0.312 e. The van der Waals surface area contributed by atoms with E-state index in [1.807, 2.05) is 42.2 Å². The lowest BCUT2D eigenvalue weighted by molar-refractivity contribution is -0.151. The molecule has 2 aliphatic heterocycles. The lowest BCUT2D eigenvalue weighted by Crippen LogP contribution is -2.46. The summed E-state index contributed by atoms with van der Waals surface area (Å²) in [7, 11) is 0. The molecule has 0 saturated carbocycles. The smallest absolute Gasteiger partial charge is 0.312 e. The van der Waals surface area contributed by atoms with E-state index in [4.69, 9.17) is 0 Å². The first kappa shape index (κ1) is 16.4. The third-order valence-corrected chi connectivity index (χ3v) is 6.11. The first-order valence-electron chi connectivity index (χ1n) is 8.24. The maximum atomic E-state index is 12.5. The van der Waals surface area contributed by atoms with E-state index in [0.717, 1.165) is 24.2 Å². The van der Waals surface area contributed by atoms with E-state index in [0.29, 0.717) is 18.6 Å². The quantitative estimate of drug-likeness (QED) is 0.870. The van der Waals surface area contributed by atoms with E-state index in [9.17, 15) is 14.7 Å². The highest BCUT2D eigenvalue weighted by atomic mass is 32.2. The number of carbonyl (C=O) groups is 2. The van der Waals surface area contributed by atoms with Crippen molar-refractivity contribution in [2.24, 2.45) is 5.41 Å². The van der Waals surface area contributed by atoms with Gasteiger partial charge in [0.25, 0.3) is 0 Å². The standard InChI is InChI=1S/C18H23NO3S/c1-2-23-12-16(20)19-14-8-9-15(19)18(11-14,17(21)22)10-13-6-4-3-5-7-13/h3-7,14-15H,2,8-12H2,1H3,(H,21,22)/t14-,15+,18+/m0/s1. The molecule has 124 valence electrons. The second-order valence-electron chi connectivity index (χ2n) is 6.51. The molecule has 1 amide bonds. The Morgan fingerprint density at radius 3 is 2.70 bits per heavy atom. The fourth-order valence-electron chi connectivity index (χ4n) is 4.28. The summed E-state index contributed by atoms with van der Waals surface area (Å²) in [5.74, 6) is 0.725. The summed E-state index contributed by atoms with van der Waals surface area (Å²) in [6.07, 6.45) is 2.85. The van der Waals surface area contributed by atoms with Crippen LogP contribution >= 0.6 is 11.8 Å². The number of benzene rings is 1. The monoisotopic (exact) mass is 333 g/mol. The molecule has 3 atom stereocenters. The first-order valence-corrected chi connectivity index (χ1v) is 9.40. The zero-order valence-electron chi connectivity index (χ0n) is 13.4. The first-order chi connectivity index (χ1) is 11.1. The lowest BCUT2D eigenvalue weighted by Gasteiger charge is -2.33. The van der Waals surface area contributed by atoms with Gasteiger partial charge in [-0.2, -0.15) is 11.8 Å². The third kappa shape index (κ3) is 2.87. The highest BCUT2D eigenvalue weighted by molar-refractivity contribution is 7.99. The molecule has 1 N–H and O–H groups in total. The molecule has 0 radical (unpaired) electrons. The SMILES string of the molecule is CCSCC(=O)N1[C@H]2CC[C@@H]1[C@](Cc1ccccc1)(C(=O)O)C2. The fourth-order valence-corrected chi connectivity index (χ4v) is 4.81. The van der Waals surface area contributed by atoms with Gasteiger partial charge in [-0.25, -0.2) is 0 Å². The Morgan fingerprint density at radius 2 is 2.04 bits per heavy atom. The van der Waals surface area contributed by atoms with Crippen molar-refractivity contribution in [3.63, 3.8) is 0 Å². The van der Waals surface area contributed by atoms with Gasteiger partial charge in [0, 0.05) is 12.1 Å². The van der Waals surface area contributed by atoms with Gasteiger partial charge in [-0.1, -0.05) is 37.3 Å². The molecule has 0 spiro atoms. The van der Waals surface area contributed by atoms with Crippen LogP contribution in [-0.4, -0.2) is 45.5 Å². The maximum absolute atomic E-state index is 12.5. The van der Waals surface area contributed by atoms with Crippen LogP contribution in [0.5, 0.6) is 0 Å². The molecule has 2 heterocycles. The van der Waals surface area contributed by atoms with Gasteiger partial charge in [0.15, 0.2) is 0 Å². The third-order valence-electron chi connectivity index (χ3n) is 5.25. The second kappa shape index (κ2) is 6.56. The van der Waals surface area contributed by atoms with Crippen molar-refractivity contribution in [2.45, 2.75) is 44.7 Å². The Labute approximate surface area is 141 Å². The molecule has 2 fully saturated rings.